The second-order valence-corrected chi connectivity index (χ2v) is 5.13. The molecule has 0 N–H and O–H groups in total. The number of hydrogen-bond donors (Lipinski definition) is 0. The molecule has 0 spiro atoms. The molecule has 0 radical (unpaired) electrons. The fourth-order valence-electron chi connectivity index (χ4n) is 2.04. The Bertz CT molecular complexity index is 877. The molecule has 0 saturated carbocycles. The minimum absolute atomic E-state index is 0.0833. The summed E-state index contributed by atoms with van der Waals surface area (Å²) >= 11 is 0. The van der Waals surface area contributed by atoms with Crippen LogP contribution in [0.1, 0.15) is 17.3 Å². The van der Waals surface area contributed by atoms with E-state index in [4.69, 9.17) is 18.4 Å². The number of aromatic nitrogens is 2. The number of carbonyl (C=O) groups is 1. The van der Waals surface area contributed by atoms with E-state index in [0.717, 1.165) is 17.1 Å². The third-order valence-electron chi connectivity index (χ3n) is 3.29. The van der Waals surface area contributed by atoms with Gasteiger partial charge in [-0.2, -0.15) is 4.98 Å². The summed E-state index contributed by atoms with van der Waals surface area (Å²) in [5.41, 5.74) is 0.749. The molecule has 0 aliphatic heterocycles. The molecule has 3 aromatic rings. The zero-order chi connectivity index (χ0) is 17.6. The number of esters is 1. The van der Waals surface area contributed by atoms with Crippen LogP contribution in [0.25, 0.3) is 17.5 Å². The number of aryl methyl sites for hydroxylation is 1. The molecule has 0 aliphatic rings. The van der Waals surface area contributed by atoms with Gasteiger partial charge in [0, 0.05) is 11.6 Å². The van der Waals surface area contributed by atoms with Crippen molar-refractivity contribution in [3.05, 3.63) is 59.8 Å². The van der Waals surface area contributed by atoms with Crippen molar-refractivity contribution >= 4 is 12.0 Å². The van der Waals surface area contributed by atoms with Crippen LogP contribution in [0.3, 0.4) is 0 Å². The van der Waals surface area contributed by atoms with Crippen molar-refractivity contribution < 1.29 is 23.2 Å². The molecule has 1 aromatic carbocycles. The molecular weight excluding hydrogens is 324 g/mol. The summed E-state index contributed by atoms with van der Waals surface area (Å²) < 4.78 is 20.6. The van der Waals surface area contributed by atoms with E-state index in [2.05, 4.69) is 10.1 Å². The van der Waals surface area contributed by atoms with Gasteiger partial charge in [-0.25, -0.2) is 4.79 Å². The quantitative estimate of drug-likeness (QED) is 0.502. The van der Waals surface area contributed by atoms with Crippen LogP contribution in [0.2, 0.25) is 0 Å². The molecule has 7 heteroatoms. The Morgan fingerprint density at radius 1 is 1.20 bits per heavy atom. The molecule has 2 heterocycles. The van der Waals surface area contributed by atoms with Gasteiger partial charge >= 0.3 is 5.97 Å². The molecule has 0 atom stereocenters. The summed E-state index contributed by atoms with van der Waals surface area (Å²) in [6.45, 7) is 1.74. The fourth-order valence-corrected chi connectivity index (χ4v) is 2.04. The standard InChI is InChI=1S/C18H16N2O5/c1-12-3-6-15(24-12)9-10-17(21)23-11-16-19-18(25-20-16)13-4-7-14(22-2)8-5-13/h3-10H,11H2,1-2H3. The van der Waals surface area contributed by atoms with Crippen LogP contribution in [0.5, 0.6) is 5.75 Å². The number of ether oxygens (including phenoxy) is 2. The molecule has 7 nitrogen and oxygen atoms in total. The molecule has 0 saturated heterocycles. The third-order valence-corrected chi connectivity index (χ3v) is 3.29. The monoisotopic (exact) mass is 340 g/mol. The number of furan rings is 1. The maximum atomic E-state index is 11.7. The SMILES string of the molecule is COc1ccc(-c2nc(COC(=O)C=Cc3ccc(C)o3)no2)cc1. The van der Waals surface area contributed by atoms with Gasteiger partial charge in [-0.05, 0) is 49.4 Å². The molecule has 3 rings (SSSR count). The highest BCUT2D eigenvalue weighted by Crippen LogP contribution is 2.20. The lowest BCUT2D eigenvalue weighted by molar-refractivity contribution is -0.139. The molecule has 0 aliphatic carbocycles. The fraction of sp³-hybridized carbons (Fsp3) is 0.167. The summed E-state index contributed by atoms with van der Waals surface area (Å²) in [6, 6.07) is 10.8. The number of rotatable bonds is 6. The van der Waals surface area contributed by atoms with Crippen molar-refractivity contribution in [2.45, 2.75) is 13.5 Å². The predicted molar refractivity (Wildman–Crippen MR) is 88.6 cm³/mol. The first-order chi connectivity index (χ1) is 12.1. The van der Waals surface area contributed by atoms with E-state index < -0.39 is 5.97 Å². The Hall–Kier alpha value is -3.35. The number of nitrogens with zero attached hydrogens (tertiary/aromatic N) is 2. The first-order valence-corrected chi connectivity index (χ1v) is 7.52. The number of methoxy groups -OCH3 is 1. The van der Waals surface area contributed by atoms with Crippen molar-refractivity contribution in [3.8, 4) is 17.2 Å². The first-order valence-electron chi connectivity index (χ1n) is 7.52. The third kappa shape index (κ3) is 4.35. The Morgan fingerprint density at radius 3 is 2.68 bits per heavy atom. The zero-order valence-electron chi connectivity index (χ0n) is 13.8. The Morgan fingerprint density at radius 2 is 2.00 bits per heavy atom. The van der Waals surface area contributed by atoms with Gasteiger partial charge in [0.15, 0.2) is 6.61 Å². The zero-order valence-corrected chi connectivity index (χ0v) is 13.8. The number of benzene rings is 1. The van der Waals surface area contributed by atoms with Crippen molar-refractivity contribution in [1.82, 2.24) is 10.1 Å². The lowest BCUT2D eigenvalue weighted by atomic mass is 10.2. The maximum absolute atomic E-state index is 11.7. The van der Waals surface area contributed by atoms with Gasteiger partial charge in [0.05, 0.1) is 7.11 Å². The maximum Gasteiger partial charge on any atom is 0.331 e. The average Bonchev–Trinajstić information content (AvgIpc) is 3.27. The minimum Gasteiger partial charge on any atom is -0.497 e. The summed E-state index contributed by atoms with van der Waals surface area (Å²) in [6.07, 6.45) is 2.82. The second-order valence-electron chi connectivity index (χ2n) is 5.13. The molecular formula is C18H16N2O5. The van der Waals surface area contributed by atoms with Crippen molar-refractivity contribution in [3.63, 3.8) is 0 Å². The molecule has 0 bridgehead atoms. The topological polar surface area (TPSA) is 87.6 Å². The van der Waals surface area contributed by atoms with E-state index >= 15 is 0 Å². The Balaban J connectivity index is 1.55. The van der Waals surface area contributed by atoms with Crippen LogP contribution < -0.4 is 4.74 Å². The van der Waals surface area contributed by atoms with E-state index in [1.54, 1.807) is 37.4 Å². The van der Waals surface area contributed by atoms with Gasteiger partial charge in [0.2, 0.25) is 5.82 Å². The van der Waals surface area contributed by atoms with E-state index in [-0.39, 0.29) is 12.4 Å². The van der Waals surface area contributed by atoms with Gasteiger partial charge in [-0.15, -0.1) is 0 Å². The van der Waals surface area contributed by atoms with Crippen LogP contribution >= 0.6 is 0 Å². The highest BCUT2D eigenvalue weighted by molar-refractivity contribution is 5.86. The molecule has 0 fully saturated rings. The lowest BCUT2D eigenvalue weighted by Crippen LogP contribution is -2.01. The smallest absolute Gasteiger partial charge is 0.331 e. The summed E-state index contributed by atoms with van der Waals surface area (Å²) in [5.74, 6) is 2.18. The lowest BCUT2D eigenvalue weighted by Gasteiger charge is -1.99. The highest BCUT2D eigenvalue weighted by Gasteiger charge is 2.10. The van der Waals surface area contributed by atoms with Gasteiger partial charge in [-0.1, -0.05) is 5.16 Å². The summed E-state index contributed by atoms with van der Waals surface area (Å²) in [5, 5.41) is 3.79. The van der Waals surface area contributed by atoms with Crippen LogP contribution in [-0.4, -0.2) is 23.2 Å². The molecule has 0 amide bonds. The minimum atomic E-state index is -0.523. The van der Waals surface area contributed by atoms with Gasteiger partial charge in [0.25, 0.3) is 5.89 Å². The average molecular weight is 340 g/mol. The van der Waals surface area contributed by atoms with Crippen LogP contribution in [0, 0.1) is 6.92 Å². The molecule has 2 aromatic heterocycles. The molecule has 25 heavy (non-hydrogen) atoms. The number of carbonyl (C=O) groups excluding carboxylic acids is 1. The predicted octanol–water partition coefficient (Wildman–Crippen LogP) is 3.40. The largest absolute Gasteiger partial charge is 0.497 e. The number of hydrogen-bond acceptors (Lipinski definition) is 7. The molecule has 128 valence electrons. The van der Waals surface area contributed by atoms with E-state index in [1.165, 1.54) is 12.2 Å². The second kappa shape index (κ2) is 7.48. The van der Waals surface area contributed by atoms with Gasteiger partial charge in [0.1, 0.15) is 17.3 Å². The van der Waals surface area contributed by atoms with Crippen molar-refractivity contribution in [2.24, 2.45) is 0 Å². The Labute approximate surface area is 143 Å². The van der Waals surface area contributed by atoms with Crippen molar-refractivity contribution in [1.29, 1.82) is 0 Å². The van der Waals surface area contributed by atoms with Crippen LogP contribution in [-0.2, 0) is 16.1 Å². The van der Waals surface area contributed by atoms with Crippen molar-refractivity contribution in [2.75, 3.05) is 7.11 Å². The Kier molecular flexibility index (Phi) is 4.94. The van der Waals surface area contributed by atoms with Crippen LogP contribution in [0.4, 0.5) is 0 Å². The van der Waals surface area contributed by atoms with E-state index in [0.29, 0.717) is 11.7 Å². The van der Waals surface area contributed by atoms with E-state index in [1.807, 2.05) is 13.0 Å². The summed E-state index contributed by atoms with van der Waals surface area (Å²) in [4.78, 5) is 15.9. The summed E-state index contributed by atoms with van der Waals surface area (Å²) in [7, 11) is 1.59. The highest BCUT2D eigenvalue weighted by atomic mass is 16.5. The first kappa shape index (κ1) is 16.5. The van der Waals surface area contributed by atoms with Gasteiger partial charge in [-0.3, -0.25) is 0 Å². The normalized spacial score (nSPS) is 11.0. The molecule has 0 unspecified atom stereocenters. The van der Waals surface area contributed by atoms with E-state index in [9.17, 15) is 4.79 Å². The van der Waals surface area contributed by atoms with Crippen LogP contribution in [0.15, 0.2) is 51.4 Å². The van der Waals surface area contributed by atoms with Gasteiger partial charge < -0.3 is 18.4 Å².